The van der Waals surface area contributed by atoms with Crippen molar-refractivity contribution >= 4 is 23.6 Å². The van der Waals surface area contributed by atoms with Gasteiger partial charge in [-0.2, -0.15) is 0 Å². The molecule has 0 aliphatic carbocycles. The quantitative estimate of drug-likeness (QED) is 0.801. The van der Waals surface area contributed by atoms with Gasteiger partial charge in [-0.1, -0.05) is 32.9 Å². The van der Waals surface area contributed by atoms with Crippen LogP contribution in [0.5, 0.6) is 0 Å². The highest BCUT2D eigenvalue weighted by Gasteiger charge is 2.16. The average Bonchev–Trinajstić information content (AvgIpc) is 2.36. The Morgan fingerprint density at radius 3 is 2.21 bits per heavy atom. The molecule has 1 rings (SSSR count). The molecule has 0 saturated carbocycles. The van der Waals surface area contributed by atoms with Gasteiger partial charge >= 0.3 is 5.97 Å². The van der Waals surface area contributed by atoms with Gasteiger partial charge in [0.05, 0.1) is 0 Å². The molecule has 1 amide bonds. The lowest BCUT2D eigenvalue weighted by atomic mass is 9.97. The van der Waals surface area contributed by atoms with Gasteiger partial charge in [-0.05, 0) is 29.7 Å². The number of carbonyl (C=O) groups excluding carboxylic acids is 1. The first-order valence-electron chi connectivity index (χ1n) is 6.22. The summed E-state index contributed by atoms with van der Waals surface area (Å²) in [6.07, 6.45) is 2.58. The van der Waals surface area contributed by atoms with Crippen molar-refractivity contribution in [1.82, 2.24) is 0 Å². The number of hydrogen-bond acceptors (Lipinski definition) is 2. The van der Waals surface area contributed by atoms with Gasteiger partial charge in [0.25, 0.3) is 0 Å². The van der Waals surface area contributed by atoms with Gasteiger partial charge in [-0.25, -0.2) is 4.79 Å². The van der Waals surface area contributed by atoms with E-state index < -0.39 is 5.97 Å². The van der Waals surface area contributed by atoms with Gasteiger partial charge in [0, 0.05) is 17.7 Å². The van der Waals surface area contributed by atoms with Crippen LogP contribution in [0.15, 0.2) is 30.3 Å². The van der Waals surface area contributed by atoms with Crippen LogP contribution in [0, 0.1) is 11.8 Å². The van der Waals surface area contributed by atoms with Crippen LogP contribution in [-0.4, -0.2) is 17.0 Å². The molecule has 102 valence electrons. The molecule has 0 aliphatic heterocycles. The van der Waals surface area contributed by atoms with Crippen LogP contribution < -0.4 is 5.32 Å². The molecule has 0 radical (unpaired) electrons. The summed E-state index contributed by atoms with van der Waals surface area (Å²) in [5.74, 6) is -0.753. The lowest BCUT2D eigenvalue weighted by Gasteiger charge is -2.15. The maximum absolute atomic E-state index is 11.9. The van der Waals surface area contributed by atoms with Crippen molar-refractivity contribution in [2.75, 3.05) is 5.32 Å². The maximum atomic E-state index is 11.9. The van der Waals surface area contributed by atoms with E-state index in [9.17, 15) is 9.59 Å². The van der Waals surface area contributed by atoms with Gasteiger partial charge in [-0.3, -0.25) is 4.79 Å². The van der Waals surface area contributed by atoms with Gasteiger partial charge < -0.3 is 10.4 Å². The smallest absolute Gasteiger partial charge is 0.328 e. The van der Waals surface area contributed by atoms with Crippen LogP contribution in [0.25, 0.3) is 6.08 Å². The van der Waals surface area contributed by atoms with Crippen molar-refractivity contribution in [1.29, 1.82) is 0 Å². The summed E-state index contributed by atoms with van der Waals surface area (Å²) < 4.78 is 0. The highest BCUT2D eigenvalue weighted by Crippen LogP contribution is 2.15. The lowest BCUT2D eigenvalue weighted by molar-refractivity contribution is -0.131. The predicted molar refractivity (Wildman–Crippen MR) is 75.7 cm³/mol. The molecule has 2 N–H and O–H groups in total. The molecule has 1 aromatic carbocycles. The van der Waals surface area contributed by atoms with Crippen LogP contribution in [0.2, 0.25) is 0 Å². The SMILES string of the molecule is CC(C)C(C)C(=O)Nc1ccc(C=CC(=O)O)cc1. The summed E-state index contributed by atoms with van der Waals surface area (Å²) in [7, 11) is 0. The minimum Gasteiger partial charge on any atom is -0.478 e. The molecule has 4 heteroatoms. The number of amides is 1. The van der Waals surface area contributed by atoms with Crippen LogP contribution in [0.4, 0.5) is 5.69 Å². The molecule has 4 nitrogen and oxygen atoms in total. The number of carboxylic acids is 1. The van der Waals surface area contributed by atoms with Crippen molar-refractivity contribution in [3.63, 3.8) is 0 Å². The number of nitrogens with one attached hydrogen (secondary N) is 1. The van der Waals surface area contributed by atoms with E-state index in [4.69, 9.17) is 5.11 Å². The highest BCUT2D eigenvalue weighted by molar-refractivity contribution is 5.92. The third-order valence-electron chi connectivity index (χ3n) is 3.01. The Kier molecular flexibility index (Phi) is 5.30. The molecule has 0 bridgehead atoms. The van der Waals surface area contributed by atoms with Crippen LogP contribution >= 0.6 is 0 Å². The Balaban J connectivity index is 2.67. The Labute approximate surface area is 113 Å². The van der Waals surface area contributed by atoms with Crippen LogP contribution in [0.1, 0.15) is 26.3 Å². The van der Waals surface area contributed by atoms with Crippen LogP contribution in [0.3, 0.4) is 0 Å². The van der Waals surface area contributed by atoms with E-state index >= 15 is 0 Å². The topological polar surface area (TPSA) is 66.4 Å². The summed E-state index contributed by atoms with van der Waals surface area (Å²) in [6, 6.07) is 7.03. The first-order valence-corrected chi connectivity index (χ1v) is 6.22. The molecule has 0 saturated heterocycles. The van der Waals surface area contributed by atoms with Gasteiger partial charge in [-0.15, -0.1) is 0 Å². The number of carboxylic acid groups (broad SMARTS) is 1. The minimum absolute atomic E-state index is 0.0103. The average molecular weight is 261 g/mol. The van der Waals surface area contributed by atoms with Crippen molar-refractivity contribution in [3.05, 3.63) is 35.9 Å². The first-order chi connectivity index (χ1) is 8.90. The molecule has 0 heterocycles. The molecule has 0 aliphatic rings. The zero-order chi connectivity index (χ0) is 14.4. The monoisotopic (exact) mass is 261 g/mol. The highest BCUT2D eigenvalue weighted by atomic mass is 16.4. The lowest BCUT2D eigenvalue weighted by Crippen LogP contribution is -2.24. The first kappa shape index (κ1) is 15.0. The fourth-order valence-corrected chi connectivity index (χ4v) is 1.40. The number of rotatable bonds is 5. The van der Waals surface area contributed by atoms with E-state index in [0.29, 0.717) is 5.69 Å². The predicted octanol–water partition coefficient (Wildman–Crippen LogP) is 3.02. The third kappa shape index (κ3) is 4.95. The molecule has 1 atom stereocenters. The Morgan fingerprint density at radius 2 is 1.74 bits per heavy atom. The second-order valence-corrected chi connectivity index (χ2v) is 4.82. The normalized spacial score (nSPS) is 12.6. The third-order valence-corrected chi connectivity index (χ3v) is 3.01. The largest absolute Gasteiger partial charge is 0.478 e. The van der Waals surface area contributed by atoms with Crippen LogP contribution in [-0.2, 0) is 9.59 Å². The van der Waals surface area contributed by atoms with Gasteiger partial charge in [0.15, 0.2) is 0 Å². The molecule has 0 spiro atoms. The number of aliphatic carboxylic acids is 1. The number of hydrogen-bond donors (Lipinski definition) is 2. The molecular formula is C15H19NO3. The summed E-state index contributed by atoms with van der Waals surface area (Å²) in [5, 5.41) is 11.4. The molecule has 1 unspecified atom stereocenters. The molecule has 19 heavy (non-hydrogen) atoms. The maximum Gasteiger partial charge on any atom is 0.328 e. The van der Waals surface area contributed by atoms with E-state index in [2.05, 4.69) is 5.32 Å². The summed E-state index contributed by atoms with van der Waals surface area (Å²) in [6.45, 7) is 5.90. The minimum atomic E-state index is -0.983. The Bertz CT molecular complexity index is 475. The number of benzene rings is 1. The molecule has 0 fully saturated rings. The van der Waals surface area contributed by atoms with Crippen molar-refractivity contribution in [3.8, 4) is 0 Å². The Morgan fingerprint density at radius 1 is 1.16 bits per heavy atom. The van der Waals surface area contributed by atoms with Gasteiger partial charge in [0.1, 0.15) is 0 Å². The van der Waals surface area contributed by atoms with E-state index in [1.165, 1.54) is 6.08 Å². The van der Waals surface area contributed by atoms with E-state index in [0.717, 1.165) is 11.6 Å². The van der Waals surface area contributed by atoms with Crippen molar-refractivity contribution in [2.45, 2.75) is 20.8 Å². The van der Waals surface area contributed by atoms with Gasteiger partial charge in [0.2, 0.25) is 5.91 Å². The summed E-state index contributed by atoms with van der Waals surface area (Å²) in [5.41, 5.74) is 1.49. The summed E-state index contributed by atoms with van der Waals surface area (Å²) >= 11 is 0. The van der Waals surface area contributed by atoms with Crippen molar-refractivity contribution in [2.24, 2.45) is 11.8 Å². The fourth-order valence-electron chi connectivity index (χ4n) is 1.40. The Hall–Kier alpha value is -2.10. The van der Waals surface area contributed by atoms with E-state index in [1.54, 1.807) is 24.3 Å². The number of carbonyl (C=O) groups is 2. The van der Waals surface area contributed by atoms with Crippen molar-refractivity contribution < 1.29 is 14.7 Å². The standard InChI is InChI=1S/C15H19NO3/c1-10(2)11(3)15(19)16-13-7-4-12(5-8-13)6-9-14(17)18/h4-11H,1-3H3,(H,16,19)(H,17,18). The fraction of sp³-hybridized carbons (Fsp3) is 0.333. The second-order valence-electron chi connectivity index (χ2n) is 4.82. The molecule has 0 aromatic heterocycles. The van der Waals surface area contributed by atoms with E-state index in [1.807, 2.05) is 20.8 Å². The molecular weight excluding hydrogens is 242 g/mol. The van der Waals surface area contributed by atoms with E-state index in [-0.39, 0.29) is 17.7 Å². The second kappa shape index (κ2) is 6.73. The zero-order valence-electron chi connectivity index (χ0n) is 11.4. The molecule has 1 aromatic rings. The summed E-state index contributed by atoms with van der Waals surface area (Å²) in [4.78, 5) is 22.2. The zero-order valence-corrected chi connectivity index (χ0v) is 11.4. The number of anilines is 1.